The minimum atomic E-state index is -0.353. The maximum absolute atomic E-state index is 12.0. The molecule has 1 saturated carbocycles. The van der Waals surface area contributed by atoms with Crippen molar-refractivity contribution in [2.24, 2.45) is 11.8 Å². The number of Topliss-reactive ketones (excluding diaryl/α,β-unsaturated/α-hetero) is 1. The summed E-state index contributed by atoms with van der Waals surface area (Å²) in [5.74, 6) is -0.583. The minimum absolute atomic E-state index is 0.100. The summed E-state index contributed by atoms with van der Waals surface area (Å²) in [7, 11) is 0. The molecule has 2 amide bonds. The summed E-state index contributed by atoms with van der Waals surface area (Å²) in [4.78, 5) is 36.6. The Balaban J connectivity index is 2.10. The second-order valence-corrected chi connectivity index (χ2v) is 4.66. The normalized spacial score (nSPS) is 30.6. The maximum Gasteiger partial charge on any atom is 0.233 e. The van der Waals surface area contributed by atoms with E-state index in [1.54, 1.807) is 0 Å². The van der Waals surface area contributed by atoms with Gasteiger partial charge in [0.15, 0.2) is 0 Å². The fraction of sp³-hybridized carbons (Fsp3) is 0.750. The summed E-state index contributed by atoms with van der Waals surface area (Å²) in [6.45, 7) is 2.43. The smallest absolute Gasteiger partial charge is 0.233 e. The molecule has 0 bridgehead atoms. The van der Waals surface area contributed by atoms with Crippen molar-refractivity contribution >= 4 is 17.6 Å². The molecule has 1 heterocycles. The van der Waals surface area contributed by atoms with E-state index in [1.165, 1.54) is 4.90 Å². The number of amides is 2. The van der Waals surface area contributed by atoms with Crippen LogP contribution in [-0.2, 0) is 14.4 Å². The lowest BCUT2D eigenvalue weighted by Crippen LogP contribution is -2.33. The Morgan fingerprint density at radius 1 is 1.25 bits per heavy atom. The molecular weight excluding hydrogens is 206 g/mol. The number of likely N-dealkylation sites (tertiary alicyclic amines) is 1. The van der Waals surface area contributed by atoms with Gasteiger partial charge in [-0.05, 0) is 19.3 Å². The third-order valence-electron chi connectivity index (χ3n) is 3.56. The first-order valence-electron chi connectivity index (χ1n) is 6.02. The molecule has 1 aliphatic heterocycles. The van der Waals surface area contributed by atoms with Crippen LogP contribution in [0.2, 0.25) is 0 Å². The first-order chi connectivity index (χ1) is 7.65. The fourth-order valence-electron chi connectivity index (χ4n) is 2.75. The van der Waals surface area contributed by atoms with Crippen LogP contribution in [0.3, 0.4) is 0 Å². The van der Waals surface area contributed by atoms with Crippen molar-refractivity contribution in [1.82, 2.24) is 4.90 Å². The van der Waals surface area contributed by atoms with Gasteiger partial charge in [-0.3, -0.25) is 19.3 Å². The van der Waals surface area contributed by atoms with Crippen molar-refractivity contribution in [3.05, 3.63) is 0 Å². The summed E-state index contributed by atoms with van der Waals surface area (Å²) in [5.41, 5.74) is 0. The van der Waals surface area contributed by atoms with Gasteiger partial charge in [-0.2, -0.15) is 0 Å². The first kappa shape index (κ1) is 11.3. The summed E-state index contributed by atoms with van der Waals surface area (Å²) in [6.07, 6.45) is 3.26. The summed E-state index contributed by atoms with van der Waals surface area (Å²) >= 11 is 0. The lowest BCUT2D eigenvalue weighted by molar-refractivity contribution is -0.141. The molecule has 0 aromatic rings. The molecule has 0 aromatic carbocycles. The van der Waals surface area contributed by atoms with Crippen LogP contribution in [0.15, 0.2) is 0 Å². The molecule has 0 aromatic heterocycles. The van der Waals surface area contributed by atoms with Gasteiger partial charge in [0, 0.05) is 25.3 Å². The molecule has 16 heavy (non-hydrogen) atoms. The van der Waals surface area contributed by atoms with Crippen LogP contribution in [0.4, 0.5) is 0 Å². The number of rotatable bonds is 3. The molecule has 2 aliphatic rings. The minimum Gasteiger partial charge on any atom is -0.299 e. The predicted octanol–water partition coefficient (Wildman–Crippen LogP) is 1.14. The van der Waals surface area contributed by atoms with Crippen LogP contribution in [-0.4, -0.2) is 29.0 Å². The average Bonchev–Trinajstić information content (AvgIpc) is 2.77. The highest BCUT2D eigenvalue weighted by molar-refractivity contribution is 6.05. The van der Waals surface area contributed by atoms with E-state index in [0.29, 0.717) is 13.0 Å². The maximum atomic E-state index is 12.0. The summed E-state index contributed by atoms with van der Waals surface area (Å²) in [5, 5.41) is 0. The second-order valence-electron chi connectivity index (χ2n) is 4.66. The molecule has 4 heteroatoms. The van der Waals surface area contributed by atoms with Crippen molar-refractivity contribution in [2.75, 3.05) is 6.54 Å². The monoisotopic (exact) mass is 223 g/mol. The van der Waals surface area contributed by atoms with E-state index in [2.05, 4.69) is 0 Å². The summed E-state index contributed by atoms with van der Waals surface area (Å²) in [6, 6.07) is 0. The largest absolute Gasteiger partial charge is 0.299 e. The highest BCUT2D eigenvalue weighted by Gasteiger charge is 2.45. The Bertz CT molecular complexity index is 337. The SMILES string of the molecule is CCCN1C(=O)CC(C2CCCC2=O)C1=O. The number of hydrogen-bond donors (Lipinski definition) is 0. The number of nitrogens with zero attached hydrogens (tertiary/aromatic N) is 1. The van der Waals surface area contributed by atoms with E-state index in [4.69, 9.17) is 0 Å². The zero-order valence-corrected chi connectivity index (χ0v) is 9.57. The van der Waals surface area contributed by atoms with Gasteiger partial charge >= 0.3 is 0 Å². The van der Waals surface area contributed by atoms with Gasteiger partial charge in [0.1, 0.15) is 5.78 Å². The zero-order chi connectivity index (χ0) is 11.7. The van der Waals surface area contributed by atoms with E-state index in [9.17, 15) is 14.4 Å². The van der Waals surface area contributed by atoms with Gasteiger partial charge in [-0.1, -0.05) is 6.92 Å². The standard InChI is InChI=1S/C12H17NO3/c1-2-6-13-11(15)7-9(12(13)16)8-4-3-5-10(8)14/h8-9H,2-7H2,1H3. The number of ketones is 1. The molecule has 0 radical (unpaired) electrons. The number of carbonyl (C=O) groups excluding carboxylic acids is 3. The molecule has 2 rings (SSSR count). The van der Waals surface area contributed by atoms with Gasteiger partial charge in [0.25, 0.3) is 0 Å². The third-order valence-corrected chi connectivity index (χ3v) is 3.56. The van der Waals surface area contributed by atoms with Gasteiger partial charge in [-0.15, -0.1) is 0 Å². The van der Waals surface area contributed by atoms with Crippen molar-refractivity contribution in [1.29, 1.82) is 0 Å². The highest BCUT2D eigenvalue weighted by atomic mass is 16.2. The van der Waals surface area contributed by atoms with E-state index >= 15 is 0 Å². The molecule has 4 nitrogen and oxygen atoms in total. The molecule has 1 aliphatic carbocycles. The summed E-state index contributed by atoms with van der Waals surface area (Å²) < 4.78 is 0. The molecule has 1 saturated heterocycles. The Morgan fingerprint density at radius 3 is 2.56 bits per heavy atom. The third kappa shape index (κ3) is 1.77. The van der Waals surface area contributed by atoms with E-state index in [0.717, 1.165) is 19.3 Å². The lowest BCUT2D eigenvalue weighted by atomic mass is 9.89. The Kier molecular flexibility index (Phi) is 3.08. The van der Waals surface area contributed by atoms with Crippen LogP contribution in [0.25, 0.3) is 0 Å². The molecule has 0 spiro atoms. The van der Waals surface area contributed by atoms with Gasteiger partial charge in [0.2, 0.25) is 11.8 Å². The molecule has 0 N–H and O–H groups in total. The van der Waals surface area contributed by atoms with E-state index in [-0.39, 0.29) is 35.9 Å². The van der Waals surface area contributed by atoms with Crippen molar-refractivity contribution < 1.29 is 14.4 Å². The number of imide groups is 1. The molecule has 2 fully saturated rings. The first-order valence-corrected chi connectivity index (χ1v) is 6.02. The van der Waals surface area contributed by atoms with Crippen LogP contribution in [0.5, 0.6) is 0 Å². The van der Waals surface area contributed by atoms with E-state index < -0.39 is 0 Å². The van der Waals surface area contributed by atoms with Crippen LogP contribution in [0.1, 0.15) is 39.0 Å². The quantitative estimate of drug-likeness (QED) is 0.674. The molecular formula is C12H17NO3. The Morgan fingerprint density at radius 2 is 2.00 bits per heavy atom. The zero-order valence-electron chi connectivity index (χ0n) is 9.57. The van der Waals surface area contributed by atoms with Gasteiger partial charge in [-0.25, -0.2) is 0 Å². The number of hydrogen-bond acceptors (Lipinski definition) is 3. The van der Waals surface area contributed by atoms with Gasteiger partial charge < -0.3 is 0 Å². The average molecular weight is 223 g/mol. The topological polar surface area (TPSA) is 54.5 Å². The van der Waals surface area contributed by atoms with Crippen LogP contribution >= 0.6 is 0 Å². The van der Waals surface area contributed by atoms with Gasteiger partial charge in [0.05, 0.1) is 5.92 Å². The molecule has 2 atom stereocenters. The second kappa shape index (κ2) is 4.36. The van der Waals surface area contributed by atoms with Crippen LogP contribution < -0.4 is 0 Å². The molecule has 88 valence electrons. The van der Waals surface area contributed by atoms with Crippen molar-refractivity contribution in [2.45, 2.75) is 39.0 Å². The predicted molar refractivity (Wildman–Crippen MR) is 57.5 cm³/mol. The van der Waals surface area contributed by atoms with Crippen molar-refractivity contribution in [3.63, 3.8) is 0 Å². The Hall–Kier alpha value is -1.19. The van der Waals surface area contributed by atoms with E-state index in [1.807, 2.05) is 6.92 Å². The lowest BCUT2D eigenvalue weighted by Gasteiger charge is -2.16. The fourth-order valence-corrected chi connectivity index (χ4v) is 2.75. The highest BCUT2D eigenvalue weighted by Crippen LogP contribution is 2.35. The van der Waals surface area contributed by atoms with Crippen molar-refractivity contribution in [3.8, 4) is 0 Å². The molecule has 2 unspecified atom stereocenters. The Labute approximate surface area is 95.0 Å². The van der Waals surface area contributed by atoms with Crippen LogP contribution in [0, 0.1) is 11.8 Å². The number of carbonyl (C=O) groups is 3.